The minimum Gasteiger partial charge on any atom is -0.476 e. The fourth-order valence-corrected chi connectivity index (χ4v) is 1.51. The Balaban J connectivity index is 2.11. The molecule has 96 valence electrons. The number of hydrogen-bond acceptors (Lipinski definition) is 4. The fraction of sp³-hybridized carbons (Fsp3) is 0.667. The van der Waals surface area contributed by atoms with Crippen LogP contribution in [0.4, 0.5) is 0 Å². The Morgan fingerprint density at radius 3 is 2.88 bits per heavy atom. The van der Waals surface area contributed by atoms with Crippen molar-refractivity contribution >= 4 is 5.97 Å². The Hall–Kier alpha value is -1.36. The van der Waals surface area contributed by atoms with Crippen LogP contribution in [-0.4, -0.2) is 22.8 Å². The zero-order chi connectivity index (χ0) is 12.7. The lowest BCUT2D eigenvalue weighted by atomic mass is 10.1. The highest BCUT2D eigenvalue weighted by Crippen LogP contribution is 2.06. The van der Waals surface area contributed by atoms with Crippen LogP contribution in [0, 0.1) is 5.92 Å². The zero-order valence-corrected chi connectivity index (χ0v) is 10.4. The average molecular weight is 240 g/mol. The van der Waals surface area contributed by atoms with Gasteiger partial charge in [-0.05, 0) is 18.9 Å². The first-order chi connectivity index (χ1) is 8.09. The van der Waals surface area contributed by atoms with Gasteiger partial charge in [-0.3, -0.25) is 0 Å². The molecule has 0 amide bonds. The molecule has 0 saturated heterocycles. The maximum atomic E-state index is 10.6. The normalized spacial score (nSPS) is 11.0. The molecule has 0 unspecified atom stereocenters. The van der Waals surface area contributed by atoms with Crippen LogP contribution in [0.3, 0.4) is 0 Å². The van der Waals surface area contributed by atoms with Gasteiger partial charge in [0.05, 0.1) is 6.54 Å². The van der Waals surface area contributed by atoms with Crippen molar-refractivity contribution in [1.82, 2.24) is 10.5 Å². The van der Waals surface area contributed by atoms with Crippen LogP contribution in [0.15, 0.2) is 10.6 Å². The first-order valence-corrected chi connectivity index (χ1v) is 5.99. The van der Waals surface area contributed by atoms with E-state index in [4.69, 9.17) is 9.63 Å². The summed E-state index contributed by atoms with van der Waals surface area (Å²) < 4.78 is 4.88. The predicted octanol–water partition coefficient (Wildman–Crippen LogP) is 2.29. The van der Waals surface area contributed by atoms with Gasteiger partial charge in [0.15, 0.2) is 11.5 Å². The standard InChI is InChI=1S/C12H20N2O3/c1-9(2)5-3-4-6-13-8-10-7-11(12(15)16)14-17-10/h7,9,13H,3-6,8H2,1-2H3,(H,15,16). The molecule has 0 saturated carbocycles. The van der Waals surface area contributed by atoms with Gasteiger partial charge in [0, 0.05) is 6.07 Å². The molecule has 0 fully saturated rings. The van der Waals surface area contributed by atoms with Gasteiger partial charge in [0.1, 0.15) is 0 Å². The Morgan fingerprint density at radius 2 is 2.29 bits per heavy atom. The van der Waals surface area contributed by atoms with E-state index < -0.39 is 5.97 Å². The molecule has 1 aromatic rings. The largest absolute Gasteiger partial charge is 0.476 e. The Labute approximate surface area is 101 Å². The highest BCUT2D eigenvalue weighted by atomic mass is 16.5. The van der Waals surface area contributed by atoms with Crippen LogP contribution >= 0.6 is 0 Å². The van der Waals surface area contributed by atoms with E-state index in [9.17, 15) is 4.79 Å². The number of rotatable bonds is 8. The molecule has 1 heterocycles. The van der Waals surface area contributed by atoms with Crippen molar-refractivity contribution in [3.05, 3.63) is 17.5 Å². The number of nitrogens with zero attached hydrogens (tertiary/aromatic N) is 1. The van der Waals surface area contributed by atoms with Crippen molar-refractivity contribution in [2.75, 3.05) is 6.54 Å². The molecular formula is C12H20N2O3. The molecule has 0 aliphatic carbocycles. The van der Waals surface area contributed by atoms with Gasteiger partial charge in [-0.25, -0.2) is 4.79 Å². The van der Waals surface area contributed by atoms with E-state index >= 15 is 0 Å². The summed E-state index contributed by atoms with van der Waals surface area (Å²) in [5.74, 6) is 0.255. The number of carbonyl (C=O) groups is 1. The smallest absolute Gasteiger partial charge is 0.358 e. The molecule has 17 heavy (non-hydrogen) atoms. The van der Waals surface area contributed by atoms with E-state index in [0.717, 1.165) is 18.9 Å². The lowest BCUT2D eigenvalue weighted by Crippen LogP contribution is -2.14. The lowest BCUT2D eigenvalue weighted by Gasteiger charge is -2.04. The summed E-state index contributed by atoms with van der Waals surface area (Å²) in [5, 5.41) is 15.3. The fourth-order valence-electron chi connectivity index (χ4n) is 1.51. The summed E-state index contributed by atoms with van der Waals surface area (Å²) in [5.41, 5.74) is -0.0402. The molecule has 0 spiro atoms. The first kappa shape index (κ1) is 13.7. The molecule has 5 nitrogen and oxygen atoms in total. The third-order valence-electron chi connectivity index (χ3n) is 2.46. The Morgan fingerprint density at radius 1 is 1.53 bits per heavy atom. The van der Waals surface area contributed by atoms with Crippen molar-refractivity contribution in [3.8, 4) is 0 Å². The summed E-state index contributed by atoms with van der Waals surface area (Å²) in [6.45, 7) is 5.88. The van der Waals surface area contributed by atoms with Crippen molar-refractivity contribution in [1.29, 1.82) is 0 Å². The van der Waals surface area contributed by atoms with E-state index in [1.807, 2.05) is 0 Å². The summed E-state index contributed by atoms with van der Waals surface area (Å²) in [6.07, 6.45) is 3.58. The molecule has 0 aliphatic heterocycles. The molecular weight excluding hydrogens is 220 g/mol. The number of hydrogen-bond donors (Lipinski definition) is 2. The summed E-state index contributed by atoms with van der Waals surface area (Å²) in [4.78, 5) is 10.6. The molecule has 5 heteroatoms. The third-order valence-corrected chi connectivity index (χ3v) is 2.46. The maximum absolute atomic E-state index is 10.6. The number of nitrogens with one attached hydrogen (secondary N) is 1. The van der Waals surface area contributed by atoms with Crippen molar-refractivity contribution < 1.29 is 14.4 Å². The van der Waals surface area contributed by atoms with E-state index in [-0.39, 0.29) is 5.69 Å². The van der Waals surface area contributed by atoms with Crippen LogP contribution in [-0.2, 0) is 6.54 Å². The zero-order valence-electron chi connectivity index (χ0n) is 10.4. The molecule has 1 rings (SSSR count). The van der Waals surface area contributed by atoms with Crippen LogP contribution < -0.4 is 5.32 Å². The maximum Gasteiger partial charge on any atom is 0.358 e. The highest BCUT2D eigenvalue weighted by Gasteiger charge is 2.09. The van der Waals surface area contributed by atoms with E-state index in [1.165, 1.54) is 18.9 Å². The number of aromatic nitrogens is 1. The summed E-state index contributed by atoms with van der Waals surface area (Å²) >= 11 is 0. The highest BCUT2D eigenvalue weighted by molar-refractivity contribution is 5.85. The second-order valence-electron chi connectivity index (χ2n) is 4.55. The van der Waals surface area contributed by atoms with Gasteiger partial charge >= 0.3 is 5.97 Å². The third kappa shape index (κ3) is 5.49. The second kappa shape index (κ2) is 7.06. The van der Waals surface area contributed by atoms with Crippen LogP contribution in [0.1, 0.15) is 49.4 Å². The van der Waals surface area contributed by atoms with Gasteiger partial charge < -0.3 is 14.9 Å². The molecule has 0 bridgehead atoms. The Bertz CT molecular complexity index is 347. The molecule has 0 aliphatic rings. The number of carboxylic acids is 1. The lowest BCUT2D eigenvalue weighted by molar-refractivity contribution is 0.0685. The summed E-state index contributed by atoms with van der Waals surface area (Å²) in [7, 11) is 0. The minimum absolute atomic E-state index is 0.0402. The molecule has 2 N–H and O–H groups in total. The predicted molar refractivity (Wildman–Crippen MR) is 63.9 cm³/mol. The number of aromatic carboxylic acids is 1. The average Bonchev–Trinajstić information content (AvgIpc) is 2.71. The van der Waals surface area contributed by atoms with Crippen molar-refractivity contribution in [2.24, 2.45) is 5.92 Å². The van der Waals surface area contributed by atoms with Gasteiger partial charge in [0.25, 0.3) is 0 Å². The quantitative estimate of drug-likeness (QED) is 0.682. The van der Waals surface area contributed by atoms with Gasteiger partial charge in [0.2, 0.25) is 0 Å². The van der Waals surface area contributed by atoms with E-state index in [0.29, 0.717) is 12.3 Å². The molecule has 0 radical (unpaired) electrons. The van der Waals surface area contributed by atoms with E-state index in [2.05, 4.69) is 24.3 Å². The molecule has 0 atom stereocenters. The van der Waals surface area contributed by atoms with Crippen molar-refractivity contribution in [2.45, 2.75) is 39.7 Å². The summed E-state index contributed by atoms with van der Waals surface area (Å²) in [6, 6.07) is 1.45. The number of carboxylic acid groups (broad SMARTS) is 1. The van der Waals surface area contributed by atoms with Crippen LogP contribution in [0.2, 0.25) is 0 Å². The monoisotopic (exact) mass is 240 g/mol. The first-order valence-electron chi connectivity index (χ1n) is 5.99. The number of unbranched alkanes of at least 4 members (excludes halogenated alkanes) is 1. The molecule has 0 aromatic carbocycles. The SMILES string of the molecule is CC(C)CCCCNCc1cc(C(=O)O)no1. The van der Waals surface area contributed by atoms with Gasteiger partial charge in [-0.1, -0.05) is 31.8 Å². The van der Waals surface area contributed by atoms with Crippen molar-refractivity contribution in [3.63, 3.8) is 0 Å². The van der Waals surface area contributed by atoms with Crippen LogP contribution in [0.25, 0.3) is 0 Å². The minimum atomic E-state index is -1.06. The van der Waals surface area contributed by atoms with Gasteiger partial charge in [-0.15, -0.1) is 0 Å². The van der Waals surface area contributed by atoms with E-state index in [1.54, 1.807) is 0 Å². The molecule has 1 aromatic heterocycles. The second-order valence-corrected chi connectivity index (χ2v) is 4.55. The van der Waals surface area contributed by atoms with Crippen LogP contribution in [0.5, 0.6) is 0 Å². The topological polar surface area (TPSA) is 75.4 Å². The Kier molecular flexibility index (Phi) is 5.69. The van der Waals surface area contributed by atoms with Gasteiger partial charge in [-0.2, -0.15) is 0 Å².